The van der Waals surface area contributed by atoms with Gasteiger partial charge in [0.05, 0.1) is 29.7 Å². The van der Waals surface area contributed by atoms with E-state index >= 15 is 0 Å². The van der Waals surface area contributed by atoms with Gasteiger partial charge in [-0.3, -0.25) is 4.98 Å². The van der Waals surface area contributed by atoms with E-state index in [0.717, 1.165) is 34.1 Å². The summed E-state index contributed by atoms with van der Waals surface area (Å²) in [5.41, 5.74) is 1.73. The van der Waals surface area contributed by atoms with E-state index in [-0.39, 0.29) is 24.2 Å². The van der Waals surface area contributed by atoms with Crippen molar-refractivity contribution < 1.29 is 14.2 Å². The number of rotatable bonds is 4. The van der Waals surface area contributed by atoms with Gasteiger partial charge in [0.1, 0.15) is 29.0 Å². The molecule has 0 radical (unpaired) electrons. The summed E-state index contributed by atoms with van der Waals surface area (Å²) in [7, 11) is 0. The van der Waals surface area contributed by atoms with Gasteiger partial charge >= 0.3 is 0 Å². The van der Waals surface area contributed by atoms with E-state index in [0.29, 0.717) is 11.8 Å². The van der Waals surface area contributed by atoms with Crippen LogP contribution in [0.2, 0.25) is 5.15 Å². The Bertz CT molecular complexity index is 1310. The number of fused-ring (bicyclic) bond motifs is 3. The van der Waals surface area contributed by atoms with Gasteiger partial charge < -0.3 is 18.8 Å². The van der Waals surface area contributed by atoms with Crippen LogP contribution in [0.4, 0.5) is 0 Å². The number of aromatic nitrogens is 4. The first-order valence-electron chi connectivity index (χ1n) is 10.8. The molecule has 1 aromatic carbocycles. The number of halogens is 1. The van der Waals surface area contributed by atoms with Crippen molar-refractivity contribution in [2.24, 2.45) is 5.92 Å². The fraction of sp³-hybridized carbons (Fsp3) is 0.375. The molecule has 0 unspecified atom stereocenters. The second-order valence-electron chi connectivity index (χ2n) is 8.92. The van der Waals surface area contributed by atoms with Crippen LogP contribution < -0.4 is 4.74 Å². The lowest BCUT2D eigenvalue weighted by Crippen LogP contribution is -2.29. The maximum atomic E-state index is 6.34. The van der Waals surface area contributed by atoms with Crippen molar-refractivity contribution in [1.29, 1.82) is 0 Å². The third-order valence-electron chi connectivity index (χ3n) is 6.41. The normalized spacial score (nSPS) is 26.6. The topological polar surface area (TPSA) is 71.3 Å². The molecule has 4 atom stereocenters. The molecule has 4 heterocycles. The molecule has 8 heteroatoms. The van der Waals surface area contributed by atoms with Crippen molar-refractivity contribution >= 4 is 33.5 Å². The standard InChI is InChI=1S/C24H23ClN4O3/c1-24(2)31-20-15(12-30-16-6-5-14-4-3-8-26-18(14)11-16)10-19(21(20)32-24)29-9-7-17-22(25)27-13-28-23(17)29/h3-9,11,13,15,19-21H,10,12H2,1-2H3/t15-,19-,20-,21+/m1/s1. The summed E-state index contributed by atoms with van der Waals surface area (Å²) in [5, 5.41) is 2.39. The van der Waals surface area contributed by atoms with Crippen LogP contribution >= 0.6 is 11.6 Å². The molecule has 6 rings (SSSR count). The molecule has 1 aliphatic heterocycles. The second-order valence-corrected chi connectivity index (χ2v) is 9.28. The van der Waals surface area contributed by atoms with E-state index in [1.807, 2.05) is 56.4 Å². The quantitative estimate of drug-likeness (QED) is 0.416. The van der Waals surface area contributed by atoms with Gasteiger partial charge in [-0.2, -0.15) is 0 Å². The summed E-state index contributed by atoms with van der Waals surface area (Å²) >= 11 is 6.28. The molecule has 164 valence electrons. The molecule has 0 spiro atoms. The Hall–Kier alpha value is -2.74. The Balaban J connectivity index is 1.28. The third kappa shape index (κ3) is 3.32. The molecule has 3 aromatic heterocycles. The molecule has 2 aliphatic rings. The van der Waals surface area contributed by atoms with Crippen LogP contribution in [-0.4, -0.2) is 44.1 Å². The summed E-state index contributed by atoms with van der Waals surface area (Å²) in [6, 6.07) is 12.0. The molecule has 4 aromatic rings. The number of hydrogen-bond donors (Lipinski definition) is 0. The summed E-state index contributed by atoms with van der Waals surface area (Å²) in [6.07, 6.45) is 5.99. The zero-order valence-electron chi connectivity index (χ0n) is 17.8. The van der Waals surface area contributed by atoms with E-state index in [1.165, 1.54) is 6.33 Å². The minimum Gasteiger partial charge on any atom is -0.493 e. The minimum absolute atomic E-state index is 0.0664. The van der Waals surface area contributed by atoms with Gasteiger partial charge in [0.2, 0.25) is 0 Å². The van der Waals surface area contributed by atoms with Crippen LogP contribution in [0.5, 0.6) is 5.75 Å². The van der Waals surface area contributed by atoms with Crippen molar-refractivity contribution in [3.8, 4) is 5.75 Å². The molecule has 7 nitrogen and oxygen atoms in total. The first-order chi connectivity index (χ1) is 15.5. The first kappa shape index (κ1) is 19.9. The Labute approximate surface area is 190 Å². The van der Waals surface area contributed by atoms with Crippen LogP contribution in [0.15, 0.2) is 55.1 Å². The van der Waals surface area contributed by atoms with Gasteiger partial charge in [-0.1, -0.05) is 17.7 Å². The Morgan fingerprint density at radius 1 is 1.12 bits per heavy atom. The number of nitrogens with zero attached hydrogens (tertiary/aromatic N) is 4. The molecule has 32 heavy (non-hydrogen) atoms. The van der Waals surface area contributed by atoms with Gasteiger partial charge in [0, 0.05) is 29.8 Å². The number of hydrogen-bond acceptors (Lipinski definition) is 6. The maximum absolute atomic E-state index is 6.34. The summed E-state index contributed by atoms with van der Waals surface area (Å²) < 4.78 is 21.0. The third-order valence-corrected chi connectivity index (χ3v) is 6.71. The smallest absolute Gasteiger partial charge is 0.163 e. The van der Waals surface area contributed by atoms with E-state index < -0.39 is 5.79 Å². The van der Waals surface area contributed by atoms with Crippen molar-refractivity contribution in [2.75, 3.05) is 6.61 Å². The highest BCUT2D eigenvalue weighted by atomic mass is 35.5. The average Bonchev–Trinajstić information content (AvgIpc) is 3.44. The number of pyridine rings is 1. The Morgan fingerprint density at radius 3 is 2.91 bits per heavy atom. The molecule has 2 fully saturated rings. The lowest BCUT2D eigenvalue weighted by molar-refractivity contribution is -0.161. The van der Waals surface area contributed by atoms with Crippen LogP contribution in [-0.2, 0) is 9.47 Å². The van der Waals surface area contributed by atoms with Gasteiger partial charge in [-0.25, -0.2) is 9.97 Å². The highest BCUT2D eigenvalue weighted by molar-refractivity contribution is 6.33. The van der Waals surface area contributed by atoms with E-state index in [1.54, 1.807) is 6.20 Å². The lowest BCUT2D eigenvalue weighted by atomic mass is 10.1. The highest BCUT2D eigenvalue weighted by Gasteiger charge is 2.54. The fourth-order valence-electron chi connectivity index (χ4n) is 5.04. The molecule has 1 aliphatic carbocycles. The molecule has 0 N–H and O–H groups in total. The van der Waals surface area contributed by atoms with Crippen molar-refractivity contribution in [2.45, 2.75) is 44.3 Å². The van der Waals surface area contributed by atoms with E-state index in [2.05, 4.69) is 19.5 Å². The summed E-state index contributed by atoms with van der Waals surface area (Å²) in [4.78, 5) is 13.0. The van der Waals surface area contributed by atoms with Gasteiger partial charge in [-0.05, 0) is 44.5 Å². The predicted octanol–water partition coefficient (Wildman–Crippen LogP) is 4.79. The van der Waals surface area contributed by atoms with Crippen molar-refractivity contribution in [3.63, 3.8) is 0 Å². The Morgan fingerprint density at radius 2 is 2.00 bits per heavy atom. The fourth-order valence-corrected chi connectivity index (χ4v) is 5.23. The number of ether oxygens (including phenoxy) is 3. The lowest BCUT2D eigenvalue weighted by Gasteiger charge is -2.24. The summed E-state index contributed by atoms with van der Waals surface area (Å²) in [5.74, 6) is 0.329. The first-order valence-corrected chi connectivity index (χ1v) is 11.2. The van der Waals surface area contributed by atoms with Gasteiger partial charge in [-0.15, -0.1) is 0 Å². The van der Waals surface area contributed by atoms with Crippen molar-refractivity contribution in [1.82, 2.24) is 19.5 Å². The minimum atomic E-state index is -0.644. The zero-order chi connectivity index (χ0) is 21.9. The molecular formula is C24H23ClN4O3. The Kier molecular flexibility index (Phi) is 4.61. The van der Waals surface area contributed by atoms with Gasteiger partial charge in [0.25, 0.3) is 0 Å². The van der Waals surface area contributed by atoms with E-state index in [4.69, 9.17) is 25.8 Å². The van der Waals surface area contributed by atoms with Crippen LogP contribution in [0, 0.1) is 5.92 Å². The number of benzene rings is 1. The van der Waals surface area contributed by atoms with Crippen LogP contribution in [0.1, 0.15) is 26.3 Å². The molecular weight excluding hydrogens is 428 g/mol. The molecule has 0 amide bonds. The predicted molar refractivity (Wildman–Crippen MR) is 121 cm³/mol. The summed E-state index contributed by atoms with van der Waals surface area (Å²) in [6.45, 7) is 4.45. The highest BCUT2D eigenvalue weighted by Crippen LogP contribution is 2.48. The molecule has 0 bridgehead atoms. The van der Waals surface area contributed by atoms with E-state index in [9.17, 15) is 0 Å². The molecule has 1 saturated carbocycles. The van der Waals surface area contributed by atoms with Crippen molar-refractivity contribution in [3.05, 3.63) is 60.3 Å². The monoisotopic (exact) mass is 450 g/mol. The second kappa shape index (κ2) is 7.40. The SMILES string of the molecule is CC1(C)O[C@@H]2[C@@H](COc3ccc4cccnc4c3)C[C@@H](n3ccc4c(Cl)ncnc43)[C@@H]2O1. The maximum Gasteiger partial charge on any atom is 0.163 e. The van der Waals surface area contributed by atoms with Crippen LogP contribution in [0.3, 0.4) is 0 Å². The largest absolute Gasteiger partial charge is 0.493 e. The van der Waals surface area contributed by atoms with Gasteiger partial charge in [0.15, 0.2) is 5.79 Å². The van der Waals surface area contributed by atoms with Crippen LogP contribution in [0.25, 0.3) is 21.9 Å². The molecule has 1 saturated heterocycles. The zero-order valence-corrected chi connectivity index (χ0v) is 18.6. The average molecular weight is 451 g/mol.